The normalized spacial score (nSPS) is 23.2. The first kappa shape index (κ1) is 29.8. The van der Waals surface area contributed by atoms with Gasteiger partial charge in [0.25, 0.3) is 0 Å². The molecule has 4 aromatic rings. The van der Waals surface area contributed by atoms with E-state index in [0.717, 1.165) is 24.8 Å². The second-order valence-electron chi connectivity index (χ2n) is 12.2. The Balaban J connectivity index is 1.34. The highest BCUT2D eigenvalue weighted by Gasteiger charge is 2.49. The number of amides is 1. The van der Waals surface area contributed by atoms with Crippen LogP contribution in [0.1, 0.15) is 32.6 Å². The molecule has 0 saturated carbocycles. The van der Waals surface area contributed by atoms with Crippen molar-refractivity contribution in [3.8, 4) is 17.3 Å². The summed E-state index contributed by atoms with van der Waals surface area (Å²) in [5.74, 6) is -0.246. The summed E-state index contributed by atoms with van der Waals surface area (Å²) in [6.45, 7) is 8.69. The molecule has 3 aliphatic heterocycles. The molecule has 5 heterocycles. The average Bonchev–Trinajstić information content (AvgIpc) is 3.75. The zero-order valence-electron chi connectivity index (χ0n) is 25.2. The fourth-order valence-electron chi connectivity index (χ4n) is 7.54. The van der Waals surface area contributed by atoms with Gasteiger partial charge >= 0.3 is 6.01 Å². The SMILES string of the molecule is C=CC(=O)N1CC[C@@H](N(CC)c2nc(OC[C@@]34CCCN3C[C@H](F)C4)nc3c(F)c(-c4cccc5cccc(Cl)c45)ncc23)C1. The molecule has 1 amide bonds. The lowest BCUT2D eigenvalue weighted by Crippen LogP contribution is -2.43. The molecule has 234 valence electrons. The number of aromatic nitrogens is 3. The van der Waals surface area contributed by atoms with Gasteiger partial charge in [-0.05, 0) is 50.3 Å². The van der Waals surface area contributed by atoms with Crippen LogP contribution in [0.4, 0.5) is 14.6 Å². The van der Waals surface area contributed by atoms with Gasteiger partial charge in [-0.3, -0.25) is 14.7 Å². The summed E-state index contributed by atoms with van der Waals surface area (Å²) in [4.78, 5) is 32.4. The van der Waals surface area contributed by atoms with E-state index in [1.54, 1.807) is 23.2 Å². The number of likely N-dealkylation sites (tertiary alicyclic amines) is 1. The molecule has 0 aliphatic carbocycles. The lowest BCUT2D eigenvalue weighted by Gasteiger charge is -2.32. The van der Waals surface area contributed by atoms with Crippen molar-refractivity contribution in [3.05, 3.63) is 66.1 Å². The van der Waals surface area contributed by atoms with Crippen LogP contribution in [0.15, 0.2) is 55.3 Å². The number of ether oxygens (including phenoxy) is 1. The first-order chi connectivity index (χ1) is 21.8. The molecule has 3 fully saturated rings. The minimum Gasteiger partial charge on any atom is -0.461 e. The lowest BCUT2D eigenvalue weighted by molar-refractivity contribution is -0.125. The summed E-state index contributed by atoms with van der Waals surface area (Å²) in [5, 5.41) is 2.51. The molecule has 0 N–H and O–H groups in total. The van der Waals surface area contributed by atoms with Crippen molar-refractivity contribution in [1.29, 1.82) is 0 Å². The molecule has 2 aromatic heterocycles. The maximum atomic E-state index is 16.7. The summed E-state index contributed by atoms with van der Waals surface area (Å²) < 4.78 is 37.5. The molecule has 3 aliphatic rings. The van der Waals surface area contributed by atoms with Crippen LogP contribution in [0.3, 0.4) is 0 Å². The van der Waals surface area contributed by atoms with Gasteiger partial charge in [0.2, 0.25) is 5.91 Å². The maximum absolute atomic E-state index is 16.7. The van der Waals surface area contributed by atoms with E-state index in [0.29, 0.717) is 66.2 Å². The van der Waals surface area contributed by atoms with Gasteiger partial charge < -0.3 is 14.5 Å². The first-order valence-electron chi connectivity index (χ1n) is 15.6. The molecule has 0 unspecified atom stereocenters. The van der Waals surface area contributed by atoms with Crippen molar-refractivity contribution in [3.63, 3.8) is 0 Å². The van der Waals surface area contributed by atoms with E-state index in [1.807, 2.05) is 31.2 Å². The highest BCUT2D eigenvalue weighted by atomic mass is 35.5. The minimum atomic E-state index is -0.903. The van der Waals surface area contributed by atoms with E-state index in [4.69, 9.17) is 21.3 Å². The molecule has 8 nitrogen and oxygen atoms in total. The molecular formula is C34H35ClF2N6O2. The van der Waals surface area contributed by atoms with Crippen LogP contribution < -0.4 is 9.64 Å². The number of benzene rings is 2. The quantitative estimate of drug-likeness (QED) is 0.214. The molecule has 2 aromatic carbocycles. The second-order valence-corrected chi connectivity index (χ2v) is 12.6. The lowest BCUT2D eigenvalue weighted by atomic mass is 9.95. The highest BCUT2D eigenvalue weighted by molar-refractivity contribution is 6.36. The zero-order chi connectivity index (χ0) is 31.3. The van der Waals surface area contributed by atoms with Crippen LogP contribution in [0.5, 0.6) is 6.01 Å². The summed E-state index contributed by atoms with van der Waals surface area (Å²) >= 11 is 6.60. The number of carbonyl (C=O) groups is 1. The number of hydrogen-bond acceptors (Lipinski definition) is 7. The number of pyridine rings is 1. The molecule has 0 spiro atoms. The van der Waals surface area contributed by atoms with Gasteiger partial charge in [0.15, 0.2) is 5.82 Å². The number of nitrogens with zero attached hydrogens (tertiary/aromatic N) is 6. The van der Waals surface area contributed by atoms with Gasteiger partial charge in [-0.2, -0.15) is 9.97 Å². The van der Waals surface area contributed by atoms with Crippen LogP contribution in [-0.4, -0.2) is 87.7 Å². The fraction of sp³-hybridized carbons (Fsp3) is 0.412. The third kappa shape index (κ3) is 5.17. The first-order valence-corrected chi connectivity index (χ1v) is 15.9. The third-order valence-electron chi connectivity index (χ3n) is 9.69. The summed E-state index contributed by atoms with van der Waals surface area (Å²) in [6.07, 6.45) is 4.94. The van der Waals surface area contributed by atoms with E-state index in [9.17, 15) is 9.18 Å². The predicted molar refractivity (Wildman–Crippen MR) is 172 cm³/mol. The minimum absolute atomic E-state index is 0.0310. The van der Waals surface area contributed by atoms with E-state index in [1.165, 1.54) is 6.08 Å². The van der Waals surface area contributed by atoms with Crippen LogP contribution >= 0.6 is 11.6 Å². The van der Waals surface area contributed by atoms with Gasteiger partial charge in [-0.1, -0.05) is 48.5 Å². The molecule has 7 rings (SSSR count). The van der Waals surface area contributed by atoms with Crippen LogP contribution in [0.25, 0.3) is 32.9 Å². The molecule has 0 bridgehead atoms. The van der Waals surface area contributed by atoms with Crippen molar-refractivity contribution < 1.29 is 18.3 Å². The molecular weight excluding hydrogens is 598 g/mol. The second kappa shape index (κ2) is 11.8. The molecule has 45 heavy (non-hydrogen) atoms. The Bertz CT molecular complexity index is 1800. The smallest absolute Gasteiger partial charge is 0.319 e. The largest absolute Gasteiger partial charge is 0.461 e. The predicted octanol–water partition coefficient (Wildman–Crippen LogP) is 6.21. The highest BCUT2D eigenvalue weighted by Crippen LogP contribution is 2.41. The number of anilines is 1. The monoisotopic (exact) mass is 632 g/mol. The molecule has 3 saturated heterocycles. The number of carbonyl (C=O) groups excluding carboxylic acids is 1. The van der Waals surface area contributed by atoms with Crippen molar-refractivity contribution in [2.45, 2.75) is 50.4 Å². The fourth-order valence-corrected chi connectivity index (χ4v) is 7.82. The van der Waals surface area contributed by atoms with Crippen molar-refractivity contribution in [2.24, 2.45) is 0 Å². The topological polar surface area (TPSA) is 74.7 Å². The van der Waals surface area contributed by atoms with Gasteiger partial charge in [0.1, 0.15) is 29.8 Å². The number of likely N-dealkylation sites (N-methyl/N-ethyl adjacent to an activating group) is 1. The van der Waals surface area contributed by atoms with Gasteiger partial charge in [-0.15, -0.1) is 0 Å². The van der Waals surface area contributed by atoms with Crippen molar-refractivity contribution in [2.75, 3.05) is 44.2 Å². The standard InChI is InChI=1S/C34H35ClF2N6O2/c1-3-27(44)41-15-12-23(19-41)43(4-2)32-25-17-38-30(24-10-5-8-21-9-6-11-26(35)28(21)24)29(37)31(25)39-33(40-32)45-20-34-13-7-14-42(34)18-22(36)16-34/h3,5-6,8-11,17,22-23H,1,4,7,12-16,18-20H2,2H3/t22-,23-,34+/m1/s1. The molecule has 11 heteroatoms. The Morgan fingerprint density at radius 2 is 2.04 bits per heavy atom. The Labute approximate surface area is 265 Å². The summed E-state index contributed by atoms with van der Waals surface area (Å²) in [6, 6.07) is 11.1. The van der Waals surface area contributed by atoms with Crippen molar-refractivity contribution in [1.82, 2.24) is 24.8 Å². The number of hydrogen-bond donors (Lipinski definition) is 0. The Kier molecular flexibility index (Phi) is 7.81. The van der Waals surface area contributed by atoms with Crippen LogP contribution in [-0.2, 0) is 4.79 Å². The van der Waals surface area contributed by atoms with Gasteiger partial charge in [0, 0.05) is 60.8 Å². The number of alkyl halides is 1. The summed E-state index contributed by atoms with van der Waals surface area (Å²) in [7, 11) is 0. The van der Waals surface area contributed by atoms with E-state index >= 15 is 4.39 Å². The van der Waals surface area contributed by atoms with Crippen LogP contribution in [0, 0.1) is 5.82 Å². The number of rotatable bonds is 8. The summed E-state index contributed by atoms with van der Waals surface area (Å²) in [5.41, 5.74) is 0.346. The third-order valence-corrected chi connectivity index (χ3v) is 10.0. The van der Waals surface area contributed by atoms with Gasteiger partial charge in [0.05, 0.1) is 10.9 Å². The van der Waals surface area contributed by atoms with E-state index in [-0.39, 0.29) is 35.8 Å². The average molecular weight is 633 g/mol. The Hall–Kier alpha value is -3.89. The van der Waals surface area contributed by atoms with E-state index < -0.39 is 17.5 Å². The number of fused-ring (bicyclic) bond motifs is 3. The zero-order valence-corrected chi connectivity index (χ0v) is 25.9. The van der Waals surface area contributed by atoms with Gasteiger partial charge in [-0.25, -0.2) is 8.78 Å². The molecule has 0 radical (unpaired) electrons. The van der Waals surface area contributed by atoms with Crippen LogP contribution in [0.2, 0.25) is 5.02 Å². The molecule has 3 atom stereocenters. The van der Waals surface area contributed by atoms with E-state index in [2.05, 4.69) is 26.3 Å². The Morgan fingerprint density at radius 1 is 1.22 bits per heavy atom. The number of halogens is 3. The maximum Gasteiger partial charge on any atom is 0.319 e. The Morgan fingerprint density at radius 3 is 2.84 bits per heavy atom. The van der Waals surface area contributed by atoms with Crippen molar-refractivity contribution >= 4 is 45.0 Å².